The van der Waals surface area contributed by atoms with Gasteiger partial charge in [0.1, 0.15) is 12.5 Å². The van der Waals surface area contributed by atoms with Gasteiger partial charge in [-0.1, -0.05) is 0 Å². The van der Waals surface area contributed by atoms with Crippen molar-refractivity contribution in [2.24, 2.45) is 0 Å². The highest BCUT2D eigenvalue weighted by atomic mass is 31.2. The normalized spacial score (nSPS) is 29.8. The molecular formula is C9H12F7O4P. The second-order valence-corrected chi connectivity index (χ2v) is 5.92. The molecule has 21 heavy (non-hydrogen) atoms. The fraction of sp³-hybridized carbons (Fsp3) is 1.00. The molecule has 0 aliphatic carbocycles. The van der Waals surface area contributed by atoms with Gasteiger partial charge in [0.25, 0.3) is 0 Å². The maximum absolute atomic E-state index is 13.6. The van der Waals surface area contributed by atoms with E-state index in [9.17, 15) is 35.3 Å². The van der Waals surface area contributed by atoms with Gasteiger partial charge in [-0.15, -0.1) is 0 Å². The van der Waals surface area contributed by atoms with E-state index in [1.165, 1.54) is 0 Å². The summed E-state index contributed by atoms with van der Waals surface area (Å²) in [4.78, 5) is 9.02. The molecule has 1 N–H and O–H groups in total. The zero-order valence-electron chi connectivity index (χ0n) is 10.4. The van der Waals surface area contributed by atoms with E-state index < -0.39 is 44.8 Å². The highest BCUT2D eigenvalue weighted by Gasteiger charge is 2.66. The van der Waals surface area contributed by atoms with Crippen molar-refractivity contribution in [1.82, 2.24) is 0 Å². The van der Waals surface area contributed by atoms with Crippen molar-refractivity contribution >= 4 is 7.82 Å². The molecule has 0 aromatic heterocycles. The maximum Gasteiger partial charge on any atom is 0.472 e. The molecule has 1 saturated heterocycles. The lowest BCUT2D eigenvalue weighted by molar-refractivity contribution is -0.289. The Bertz CT molecular complexity index is 411. The summed E-state index contributed by atoms with van der Waals surface area (Å²) in [6.45, 7) is -0.314. The number of hydrogen-bond acceptors (Lipinski definition) is 3. The first-order valence-electron chi connectivity index (χ1n) is 5.75. The van der Waals surface area contributed by atoms with Crippen molar-refractivity contribution in [2.75, 3.05) is 6.61 Å². The molecule has 0 aromatic rings. The molecule has 1 aliphatic rings. The molecule has 0 saturated carbocycles. The monoisotopic (exact) mass is 348 g/mol. The molecule has 0 radical (unpaired) electrons. The summed E-state index contributed by atoms with van der Waals surface area (Å²) in [5, 5.41) is 0. The molecule has 126 valence electrons. The molecule has 0 bridgehead atoms. The Hall–Kier alpha value is -0.380. The van der Waals surface area contributed by atoms with E-state index in [0.29, 0.717) is 0 Å². The third-order valence-corrected chi connectivity index (χ3v) is 3.72. The van der Waals surface area contributed by atoms with Crippen molar-refractivity contribution < 1.29 is 49.2 Å². The maximum atomic E-state index is 13.6. The SMILES string of the molecule is O=P1(O)OCCCCC(C(F)(F)C(F)(F)CC(F)(F)F)O1. The summed E-state index contributed by atoms with van der Waals surface area (Å²) in [6, 6.07) is 0. The number of hydrogen-bond donors (Lipinski definition) is 1. The molecule has 2 unspecified atom stereocenters. The van der Waals surface area contributed by atoms with E-state index >= 15 is 0 Å². The van der Waals surface area contributed by atoms with Gasteiger partial charge in [0.05, 0.1) is 6.61 Å². The highest BCUT2D eigenvalue weighted by Crippen LogP contribution is 2.53. The van der Waals surface area contributed by atoms with Gasteiger partial charge in [0, 0.05) is 0 Å². The van der Waals surface area contributed by atoms with Crippen LogP contribution in [0.4, 0.5) is 30.7 Å². The van der Waals surface area contributed by atoms with Crippen molar-refractivity contribution in [3.8, 4) is 0 Å². The fourth-order valence-corrected chi connectivity index (χ4v) is 2.69. The Morgan fingerprint density at radius 3 is 2.19 bits per heavy atom. The van der Waals surface area contributed by atoms with E-state index in [4.69, 9.17) is 4.89 Å². The summed E-state index contributed by atoms with van der Waals surface area (Å²) >= 11 is 0. The lowest BCUT2D eigenvalue weighted by Gasteiger charge is -2.34. The second-order valence-electron chi connectivity index (χ2n) is 4.51. The Morgan fingerprint density at radius 1 is 1.10 bits per heavy atom. The summed E-state index contributed by atoms with van der Waals surface area (Å²) in [7, 11) is -5.03. The highest BCUT2D eigenvalue weighted by molar-refractivity contribution is 7.47. The Labute approximate surface area is 114 Å². The largest absolute Gasteiger partial charge is 0.472 e. The van der Waals surface area contributed by atoms with Gasteiger partial charge in [0.2, 0.25) is 0 Å². The van der Waals surface area contributed by atoms with Crippen molar-refractivity contribution in [2.45, 2.75) is 49.8 Å². The topological polar surface area (TPSA) is 55.8 Å². The molecule has 4 nitrogen and oxygen atoms in total. The first-order chi connectivity index (χ1) is 9.27. The molecule has 0 amide bonds. The fourth-order valence-electron chi connectivity index (χ4n) is 1.71. The Kier molecular flexibility index (Phi) is 5.35. The predicted octanol–water partition coefficient (Wildman–Crippen LogP) is 3.90. The van der Waals surface area contributed by atoms with E-state index in [0.717, 1.165) is 0 Å². The second kappa shape index (κ2) is 6.02. The first kappa shape index (κ1) is 18.7. The minimum Gasteiger partial charge on any atom is -0.302 e. The smallest absolute Gasteiger partial charge is 0.302 e. The van der Waals surface area contributed by atoms with Crippen LogP contribution in [0.25, 0.3) is 0 Å². The van der Waals surface area contributed by atoms with Gasteiger partial charge < -0.3 is 4.89 Å². The van der Waals surface area contributed by atoms with Crippen LogP contribution in [0, 0.1) is 0 Å². The lowest BCUT2D eigenvalue weighted by atomic mass is 9.98. The average Bonchev–Trinajstić information content (AvgIpc) is 2.20. The summed E-state index contributed by atoms with van der Waals surface area (Å²) in [5.41, 5.74) is 0. The summed E-state index contributed by atoms with van der Waals surface area (Å²) in [5.74, 6) is -10.8. The molecule has 0 aromatic carbocycles. The van der Waals surface area contributed by atoms with Gasteiger partial charge in [-0.05, 0) is 19.3 Å². The molecular weight excluding hydrogens is 336 g/mol. The molecule has 1 heterocycles. The van der Waals surface area contributed by atoms with Crippen LogP contribution in [-0.2, 0) is 13.6 Å². The number of alkyl halides is 7. The van der Waals surface area contributed by atoms with Gasteiger partial charge in [0.15, 0.2) is 0 Å². The van der Waals surface area contributed by atoms with Gasteiger partial charge in [-0.3, -0.25) is 9.05 Å². The van der Waals surface area contributed by atoms with Crippen molar-refractivity contribution in [3.05, 3.63) is 0 Å². The minimum atomic E-state index is -5.53. The third-order valence-electron chi connectivity index (χ3n) is 2.69. The molecule has 0 spiro atoms. The predicted molar refractivity (Wildman–Crippen MR) is 55.1 cm³/mol. The van der Waals surface area contributed by atoms with Crippen LogP contribution in [0.5, 0.6) is 0 Å². The quantitative estimate of drug-likeness (QED) is 0.621. The van der Waals surface area contributed by atoms with Gasteiger partial charge >= 0.3 is 25.8 Å². The van der Waals surface area contributed by atoms with E-state index in [1.807, 2.05) is 0 Å². The van der Waals surface area contributed by atoms with E-state index in [2.05, 4.69) is 9.05 Å². The Morgan fingerprint density at radius 2 is 1.67 bits per heavy atom. The average molecular weight is 348 g/mol. The van der Waals surface area contributed by atoms with Crippen LogP contribution in [0.15, 0.2) is 0 Å². The molecule has 12 heteroatoms. The molecule has 2 atom stereocenters. The summed E-state index contributed by atoms with van der Waals surface area (Å²) < 4.78 is 109. The number of halogens is 7. The van der Waals surface area contributed by atoms with Gasteiger partial charge in [-0.25, -0.2) is 4.57 Å². The zero-order valence-corrected chi connectivity index (χ0v) is 11.3. The minimum absolute atomic E-state index is 0.00529. The number of rotatable bonds is 3. The molecule has 1 fully saturated rings. The van der Waals surface area contributed by atoms with E-state index in [-0.39, 0.29) is 19.4 Å². The molecule has 1 rings (SSSR count). The third kappa shape index (κ3) is 5.08. The van der Waals surface area contributed by atoms with Crippen molar-refractivity contribution in [3.63, 3.8) is 0 Å². The molecule has 1 aliphatic heterocycles. The van der Waals surface area contributed by atoms with Crippen LogP contribution in [0.2, 0.25) is 0 Å². The van der Waals surface area contributed by atoms with Crippen LogP contribution < -0.4 is 0 Å². The van der Waals surface area contributed by atoms with Crippen LogP contribution in [-0.4, -0.2) is 35.6 Å². The number of phosphoric ester groups is 1. The number of phosphoric acid groups is 1. The lowest BCUT2D eigenvalue weighted by Crippen LogP contribution is -2.52. The summed E-state index contributed by atoms with van der Waals surface area (Å²) in [6.07, 6.45) is -12.4. The zero-order chi connectivity index (χ0) is 16.5. The van der Waals surface area contributed by atoms with E-state index in [1.54, 1.807) is 0 Å². The first-order valence-corrected chi connectivity index (χ1v) is 7.24. The van der Waals surface area contributed by atoms with Crippen LogP contribution >= 0.6 is 7.82 Å². The Balaban J connectivity index is 2.99. The standard InChI is InChI=1S/C9H12F7O4P/c10-7(11,5-8(12,13)14)9(15,16)6-3-1-2-4-19-21(17,18)20-6/h6H,1-5H2,(H,17,18). The van der Waals surface area contributed by atoms with Crippen LogP contribution in [0.1, 0.15) is 25.7 Å². The van der Waals surface area contributed by atoms with Crippen molar-refractivity contribution in [1.29, 1.82) is 0 Å². The van der Waals surface area contributed by atoms with Gasteiger partial charge in [-0.2, -0.15) is 30.7 Å². The van der Waals surface area contributed by atoms with Crippen LogP contribution in [0.3, 0.4) is 0 Å².